The molecule has 0 amide bonds. The molecule has 0 fully saturated rings. The van der Waals surface area contributed by atoms with Gasteiger partial charge in [0.25, 0.3) is 0 Å². The van der Waals surface area contributed by atoms with Crippen LogP contribution in [-0.4, -0.2) is 12.6 Å². The van der Waals surface area contributed by atoms with Crippen molar-refractivity contribution in [2.24, 2.45) is 0 Å². The van der Waals surface area contributed by atoms with E-state index in [1.54, 1.807) is 6.07 Å². The summed E-state index contributed by atoms with van der Waals surface area (Å²) >= 11 is 0. The third kappa shape index (κ3) is 3.21. The van der Waals surface area contributed by atoms with Crippen molar-refractivity contribution in [3.05, 3.63) is 65.0 Å². The van der Waals surface area contributed by atoms with Crippen LogP contribution in [0.4, 0.5) is 4.39 Å². The van der Waals surface area contributed by atoms with Crippen molar-refractivity contribution >= 4 is 0 Å². The molecule has 1 heterocycles. The van der Waals surface area contributed by atoms with E-state index in [-0.39, 0.29) is 11.9 Å². The Morgan fingerprint density at radius 2 is 2.05 bits per heavy atom. The van der Waals surface area contributed by atoms with E-state index in [1.165, 1.54) is 12.1 Å². The van der Waals surface area contributed by atoms with Crippen molar-refractivity contribution in [3.63, 3.8) is 0 Å². The molecule has 2 aromatic rings. The first-order chi connectivity index (χ1) is 10.2. The van der Waals surface area contributed by atoms with Crippen LogP contribution in [0.3, 0.4) is 0 Å². The molecule has 1 aliphatic heterocycles. The van der Waals surface area contributed by atoms with Gasteiger partial charge in [-0.05, 0) is 35.9 Å². The molecule has 1 atom stereocenters. The number of nitrogens with one attached hydrogen (secondary N) is 1. The zero-order valence-electron chi connectivity index (χ0n) is 11.5. The van der Waals surface area contributed by atoms with Crippen LogP contribution in [0.15, 0.2) is 42.5 Å². The number of hydrogen-bond donors (Lipinski definition) is 1. The van der Waals surface area contributed by atoms with Crippen LogP contribution in [-0.2, 0) is 13.0 Å². The third-order valence-corrected chi connectivity index (χ3v) is 3.55. The quantitative estimate of drug-likeness (QED) is 0.938. The number of rotatable bonds is 4. The van der Waals surface area contributed by atoms with E-state index >= 15 is 0 Å². The fourth-order valence-corrected chi connectivity index (χ4v) is 2.48. The maximum absolute atomic E-state index is 13.1. The van der Waals surface area contributed by atoms with Gasteiger partial charge >= 0.3 is 0 Å². The number of ether oxygens (including phenoxy) is 1. The summed E-state index contributed by atoms with van der Waals surface area (Å²) in [5, 5.41) is 12.1. The summed E-state index contributed by atoms with van der Waals surface area (Å²) in [5.74, 6) is 0.560. The second kappa shape index (κ2) is 5.94. The molecule has 2 aromatic carbocycles. The van der Waals surface area contributed by atoms with Crippen LogP contribution in [0.25, 0.3) is 0 Å². The minimum absolute atomic E-state index is 0.0418. The zero-order chi connectivity index (χ0) is 14.7. The molecule has 0 saturated carbocycles. The first-order valence-corrected chi connectivity index (χ1v) is 6.89. The number of fused-ring (bicyclic) bond motifs is 1. The fraction of sp³-hybridized carbons (Fsp3) is 0.235. The molecule has 3 nitrogen and oxygen atoms in total. The Morgan fingerprint density at radius 1 is 1.24 bits per heavy atom. The first kappa shape index (κ1) is 13.6. The molecule has 1 aliphatic rings. The SMILES string of the molecule is N#Cc1ccc(CNCC2Cc3cc(F)ccc3O2)cc1. The molecule has 0 aromatic heterocycles. The Morgan fingerprint density at radius 3 is 2.81 bits per heavy atom. The van der Waals surface area contributed by atoms with Crippen molar-refractivity contribution < 1.29 is 9.13 Å². The summed E-state index contributed by atoms with van der Waals surface area (Å²) in [7, 11) is 0. The first-order valence-electron chi connectivity index (χ1n) is 6.89. The summed E-state index contributed by atoms with van der Waals surface area (Å²) in [5.41, 5.74) is 2.71. The van der Waals surface area contributed by atoms with Gasteiger partial charge in [0, 0.05) is 25.1 Å². The maximum Gasteiger partial charge on any atom is 0.123 e. The average molecular weight is 282 g/mol. The lowest BCUT2D eigenvalue weighted by atomic mass is 10.1. The van der Waals surface area contributed by atoms with Crippen LogP contribution in [0.5, 0.6) is 5.75 Å². The van der Waals surface area contributed by atoms with E-state index < -0.39 is 0 Å². The van der Waals surface area contributed by atoms with Crippen molar-refractivity contribution in [3.8, 4) is 11.8 Å². The van der Waals surface area contributed by atoms with Gasteiger partial charge in [-0.15, -0.1) is 0 Å². The molecule has 0 saturated heterocycles. The molecule has 0 radical (unpaired) electrons. The van der Waals surface area contributed by atoms with Crippen LogP contribution in [0.2, 0.25) is 0 Å². The second-order valence-corrected chi connectivity index (χ2v) is 5.14. The summed E-state index contributed by atoms with van der Waals surface area (Å²) in [4.78, 5) is 0. The van der Waals surface area contributed by atoms with Gasteiger partial charge in [0.05, 0.1) is 11.6 Å². The molecule has 1 unspecified atom stereocenters. The van der Waals surface area contributed by atoms with Gasteiger partial charge in [-0.3, -0.25) is 0 Å². The van der Waals surface area contributed by atoms with Crippen LogP contribution in [0, 0.1) is 17.1 Å². The molecule has 106 valence electrons. The van der Waals surface area contributed by atoms with Crippen molar-refractivity contribution in [1.82, 2.24) is 5.32 Å². The highest BCUT2D eigenvalue weighted by molar-refractivity contribution is 5.38. The number of hydrogen-bond acceptors (Lipinski definition) is 3. The number of nitrogens with zero attached hydrogens (tertiary/aromatic N) is 1. The largest absolute Gasteiger partial charge is 0.488 e. The van der Waals surface area contributed by atoms with E-state index in [0.29, 0.717) is 12.1 Å². The Bertz CT molecular complexity index is 676. The van der Waals surface area contributed by atoms with E-state index in [9.17, 15) is 4.39 Å². The zero-order valence-corrected chi connectivity index (χ0v) is 11.5. The van der Waals surface area contributed by atoms with Gasteiger partial charge in [0.15, 0.2) is 0 Å². The van der Waals surface area contributed by atoms with Crippen molar-refractivity contribution in [2.75, 3.05) is 6.54 Å². The lowest BCUT2D eigenvalue weighted by molar-refractivity contribution is 0.227. The molecule has 4 heteroatoms. The van der Waals surface area contributed by atoms with Gasteiger partial charge in [-0.1, -0.05) is 12.1 Å². The monoisotopic (exact) mass is 282 g/mol. The normalized spacial score (nSPS) is 16.1. The maximum atomic E-state index is 13.1. The highest BCUT2D eigenvalue weighted by Crippen LogP contribution is 2.28. The second-order valence-electron chi connectivity index (χ2n) is 5.14. The van der Waals surface area contributed by atoms with Gasteiger partial charge in [-0.25, -0.2) is 4.39 Å². The van der Waals surface area contributed by atoms with E-state index in [2.05, 4.69) is 11.4 Å². The predicted molar refractivity (Wildman–Crippen MR) is 77.4 cm³/mol. The lowest BCUT2D eigenvalue weighted by Gasteiger charge is -2.12. The number of halogens is 1. The summed E-state index contributed by atoms with van der Waals surface area (Å²) in [6.07, 6.45) is 0.771. The summed E-state index contributed by atoms with van der Waals surface area (Å²) in [6.45, 7) is 1.42. The van der Waals surface area contributed by atoms with E-state index in [1.807, 2.05) is 24.3 Å². The molecule has 0 bridgehead atoms. The Hall–Kier alpha value is -2.38. The lowest BCUT2D eigenvalue weighted by Crippen LogP contribution is -2.29. The minimum atomic E-state index is -0.219. The van der Waals surface area contributed by atoms with E-state index in [0.717, 1.165) is 29.8 Å². The summed E-state index contributed by atoms with van der Waals surface area (Å²) < 4.78 is 18.9. The molecule has 1 N–H and O–H groups in total. The van der Waals surface area contributed by atoms with E-state index in [4.69, 9.17) is 10.00 Å². The Balaban J connectivity index is 1.50. The third-order valence-electron chi connectivity index (χ3n) is 3.55. The van der Waals surface area contributed by atoms with Gasteiger partial charge in [-0.2, -0.15) is 5.26 Å². The molecule has 3 rings (SSSR count). The molecular formula is C17H15FN2O. The Labute approximate surface area is 123 Å². The molecular weight excluding hydrogens is 267 g/mol. The van der Waals surface area contributed by atoms with Crippen LogP contribution < -0.4 is 10.1 Å². The van der Waals surface area contributed by atoms with Gasteiger partial charge in [0.1, 0.15) is 17.7 Å². The number of nitriles is 1. The number of benzene rings is 2. The highest BCUT2D eigenvalue weighted by atomic mass is 19.1. The topological polar surface area (TPSA) is 45.0 Å². The highest BCUT2D eigenvalue weighted by Gasteiger charge is 2.22. The molecule has 0 spiro atoms. The molecule has 0 aliphatic carbocycles. The predicted octanol–water partition coefficient (Wildman–Crippen LogP) is 2.79. The van der Waals surface area contributed by atoms with Crippen molar-refractivity contribution in [1.29, 1.82) is 5.26 Å². The van der Waals surface area contributed by atoms with Crippen LogP contribution >= 0.6 is 0 Å². The summed E-state index contributed by atoms with van der Waals surface area (Å²) in [6, 6.07) is 14.2. The van der Waals surface area contributed by atoms with Gasteiger partial charge in [0.2, 0.25) is 0 Å². The van der Waals surface area contributed by atoms with Gasteiger partial charge < -0.3 is 10.1 Å². The van der Waals surface area contributed by atoms with Crippen LogP contribution in [0.1, 0.15) is 16.7 Å². The standard InChI is InChI=1S/C17H15FN2O/c18-15-5-6-17-14(7-15)8-16(21-17)11-20-10-13-3-1-12(9-19)2-4-13/h1-7,16,20H,8,10-11H2. The molecule has 21 heavy (non-hydrogen) atoms. The smallest absolute Gasteiger partial charge is 0.123 e. The Kier molecular flexibility index (Phi) is 3.85. The fourth-order valence-electron chi connectivity index (χ4n) is 2.48. The van der Waals surface area contributed by atoms with Crippen molar-refractivity contribution in [2.45, 2.75) is 19.1 Å². The average Bonchev–Trinajstić information content (AvgIpc) is 2.89. The minimum Gasteiger partial charge on any atom is -0.488 e.